The van der Waals surface area contributed by atoms with E-state index in [1.54, 1.807) is 6.92 Å². The Balaban J connectivity index is 4.24. The van der Waals surface area contributed by atoms with Crippen molar-refractivity contribution < 1.29 is 13.2 Å². The first-order valence-corrected chi connectivity index (χ1v) is 4.09. The van der Waals surface area contributed by atoms with E-state index < -0.39 is 11.9 Å². The Kier molecular flexibility index (Phi) is 4.16. The molecule has 0 atom stereocenters. The van der Waals surface area contributed by atoms with Gasteiger partial charge >= 0.3 is 6.18 Å². The van der Waals surface area contributed by atoms with Gasteiger partial charge in [0.1, 0.15) is 5.70 Å². The zero-order chi connectivity index (χ0) is 9.78. The standard InChI is InChI=1S/C6H9F3N2S/c1-3-12-5(10)11-4(2)6(7,8)9/h2-3H2,1H3,(H2,10,11). The van der Waals surface area contributed by atoms with Gasteiger partial charge in [-0.25, -0.2) is 4.99 Å². The highest BCUT2D eigenvalue weighted by Crippen LogP contribution is 2.25. The maximum absolute atomic E-state index is 11.8. The molecule has 0 bridgehead atoms. The Morgan fingerprint density at radius 2 is 2.08 bits per heavy atom. The zero-order valence-electron chi connectivity index (χ0n) is 6.48. The fraction of sp³-hybridized carbons (Fsp3) is 0.500. The lowest BCUT2D eigenvalue weighted by Gasteiger charge is -2.05. The van der Waals surface area contributed by atoms with Crippen LogP contribution in [-0.2, 0) is 0 Å². The van der Waals surface area contributed by atoms with Crippen LogP contribution in [0.1, 0.15) is 6.92 Å². The lowest BCUT2D eigenvalue weighted by atomic mass is 10.5. The average Bonchev–Trinajstić information content (AvgIpc) is 1.85. The quantitative estimate of drug-likeness (QED) is 0.545. The molecule has 0 aromatic carbocycles. The minimum atomic E-state index is -4.49. The number of nitrogens with two attached hydrogens (primary N) is 1. The molecule has 2 nitrogen and oxygen atoms in total. The molecule has 0 unspecified atom stereocenters. The predicted octanol–water partition coefficient (Wildman–Crippen LogP) is 2.13. The number of aliphatic imine (C=N–C) groups is 1. The second-order valence-electron chi connectivity index (χ2n) is 1.83. The fourth-order valence-corrected chi connectivity index (χ4v) is 0.847. The van der Waals surface area contributed by atoms with E-state index in [9.17, 15) is 13.2 Å². The second-order valence-corrected chi connectivity index (χ2v) is 3.11. The first kappa shape index (κ1) is 11.4. The molecule has 0 spiro atoms. The molecule has 2 N–H and O–H groups in total. The summed E-state index contributed by atoms with van der Waals surface area (Å²) in [4.78, 5) is 3.08. The molecule has 0 saturated carbocycles. The predicted molar refractivity (Wildman–Crippen MR) is 44.9 cm³/mol. The summed E-state index contributed by atoms with van der Waals surface area (Å²) < 4.78 is 35.3. The summed E-state index contributed by atoms with van der Waals surface area (Å²) in [5, 5.41) is -0.111. The van der Waals surface area contributed by atoms with Crippen LogP contribution < -0.4 is 5.73 Å². The van der Waals surface area contributed by atoms with Gasteiger partial charge in [-0.3, -0.25) is 0 Å². The van der Waals surface area contributed by atoms with Crippen molar-refractivity contribution in [1.29, 1.82) is 0 Å². The number of nitrogens with zero attached hydrogens (tertiary/aromatic N) is 1. The van der Waals surface area contributed by atoms with Gasteiger partial charge in [-0.05, 0) is 5.75 Å². The second kappa shape index (κ2) is 4.39. The Morgan fingerprint density at radius 1 is 1.58 bits per heavy atom. The minimum Gasteiger partial charge on any atom is -0.378 e. The van der Waals surface area contributed by atoms with Crippen LogP contribution in [0.4, 0.5) is 13.2 Å². The van der Waals surface area contributed by atoms with Crippen molar-refractivity contribution in [3.63, 3.8) is 0 Å². The Bertz CT molecular complexity index is 197. The smallest absolute Gasteiger partial charge is 0.378 e. The van der Waals surface area contributed by atoms with Crippen LogP contribution in [0.15, 0.2) is 17.3 Å². The number of amidine groups is 1. The number of thioether (sulfide) groups is 1. The third kappa shape index (κ3) is 4.27. The average molecular weight is 198 g/mol. The van der Waals surface area contributed by atoms with Crippen molar-refractivity contribution in [2.75, 3.05) is 5.75 Å². The largest absolute Gasteiger partial charge is 0.432 e. The van der Waals surface area contributed by atoms with Crippen LogP contribution in [0.3, 0.4) is 0 Å². The monoisotopic (exact) mass is 198 g/mol. The molecule has 0 radical (unpaired) electrons. The summed E-state index contributed by atoms with van der Waals surface area (Å²) in [5.74, 6) is 0.584. The van der Waals surface area contributed by atoms with Gasteiger partial charge in [0.15, 0.2) is 5.17 Å². The van der Waals surface area contributed by atoms with Crippen molar-refractivity contribution in [2.45, 2.75) is 13.1 Å². The van der Waals surface area contributed by atoms with E-state index in [4.69, 9.17) is 5.73 Å². The molecule has 0 amide bonds. The van der Waals surface area contributed by atoms with Crippen LogP contribution in [0.25, 0.3) is 0 Å². The SMILES string of the molecule is C=C(N=C(N)SCC)C(F)(F)F. The molecule has 0 aliphatic carbocycles. The molecule has 0 aromatic heterocycles. The van der Waals surface area contributed by atoms with Crippen molar-refractivity contribution in [1.82, 2.24) is 0 Å². The topological polar surface area (TPSA) is 38.4 Å². The van der Waals surface area contributed by atoms with Crippen molar-refractivity contribution in [3.05, 3.63) is 12.3 Å². The van der Waals surface area contributed by atoms with Crippen LogP contribution in [0, 0.1) is 0 Å². The summed E-state index contributed by atoms with van der Waals surface area (Å²) >= 11 is 1.04. The molecular weight excluding hydrogens is 189 g/mol. The fourth-order valence-electron chi connectivity index (χ4n) is 0.377. The van der Waals surface area contributed by atoms with Crippen molar-refractivity contribution in [3.8, 4) is 0 Å². The maximum Gasteiger partial charge on any atom is 0.432 e. The molecule has 0 aromatic rings. The summed E-state index contributed by atoms with van der Waals surface area (Å²) in [6, 6.07) is 0. The number of hydrogen-bond donors (Lipinski definition) is 1. The van der Waals surface area contributed by atoms with Crippen LogP contribution in [0.5, 0.6) is 0 Å². The number of alkyl halides is 3. The van der Waals surface area contributed by atoms with Crippen molar-refractivity contribution in [2.24, 2.45) is 10.7 Å². The maximum atomic E-state index is 11.8. The molecule has 6 heteroatoms. The van der Waals surface area contributed by atoms with Gasteiger partial charge in [-0.2, -0.15) is 13.2 Å². The molecule has 70 valence electrons. The van der Waals surface area contributed by atoms with Gasteiger partial charge in [-0.15, -0.1) is 0 Å². The third-order valence-electron chi connectivity index (χ3n) is 0.865. The lowest BCUT2D eigenvalue weighted by molar-refractivity contribution is -0.0918. The van der Waals surface area contributed by atoms with Crippen molar-refractivity contribution >= 4 is 16.9 Å². The van der Waals surface area contributed by atoms with Crippen LogP contribution in [0.2, 0.25) is 0 Å². The molecule has 0 aliphatic heterocycles. The Labute approximate surface area is 72.7 Å². The van der Waals surface area contributed by atoms with E-state index in [0.29, 0.717) is 5.75 Å². The Hall–Kier alpha value is -0.650. The van der Waals surface area contributed by atoms with E-state index in [2.05, 4.69) is 11.6 Å². The van der Waals surface area contributed by atoms with E-state index in [0.717, 1.165) is 11.8 Å². The summed E-state index contributed by atoms with van der Waals surface area (Å²) in [7, 11) is 0. The van der Waals surface area contributed by atoms with Gasteiger partial charge < -0.3 is 5.73 Å². The molecule has 0 aliphatic rings. The van der Waals surface area contributed by atoms with E-state index >= 15 is 0 Å². The van der Waals surface area contributed by atoms with Crippen LogP contribution >= 0.6 is 11.8 Å². The van der Waals surface area contributed by atoms with E-state index in [1.807, 2.05) is 0 Å². The normalized spacial score (nSPS) is 13.2. The van der Waals surface area contributed by atoms with E-state index in [1.165, 1.54) is 0 Å². The number of hydrogen-bond acceptors (Lipinski definition) is 2. The third-order valence-corrected chi connectivity index (χ3v) is 1.54. The molecule has 0 heterocycles. The molecule has 0 fully saturated rings. The van der Waals surface area contributed by atoms with Gasteiger partial charge in [0.2, 0.25) is 0 Å². The van der Waals surface area contributed by atoms with Gasteiger partial charge in [-0.1, -0.05) is 25.3 Å². The molecular formula is C6H9F3N2S. The first-order chi connectivity index (χ1) is 5.38. The van der Waals surface area contributed by atoms with Gasteiger partial charge in [0.05, 0.1) is 0 Å². The molecule has 12 heavy (non-hydrogen) atoms. The summed E-state index contributed by atoms with van der Waals surface area (Å²) in [5.41, 5.74) is 3.97. The summed E-state index contributed by atoms with van der Waals surface area (Å²) in [6.07, 6.45) is -4.49. The number of rotatable bonds is 2. The van der Waals surface area contributed by atoms with Gasteiger partial charge in [0.25, 0.3) is 0 Å². The highest BCUT2D eigenvalue weighted by Gasteiger charge is 2.32. The minimum absolute atomic E-state index is 0.111. The highest BCUT2D eigenvalue weighted by molar-refractivity contribution is 8.13. The summed E-state index contributed by atoms with van der Waals surface area (Å²) in [6.45, 7) is 4.51. The van der Waals surface area contributed by atoms with Crippen LogP contribution in [-0.4, -0.2) is 17.1 Å². The van der Waals surface area contributed by atoms with Gasteiger partial charge in [0, 0.05) is 0 Å². The molecule has 0 rings (SSSR count). The molecule has 0 saturated heterocycles. The highest BCUT2D eigenvalue weighted by atomic mass is 32.2. The Morgan fingerprint density at radius 3 is 2.42 bits per heavy atom. The number of allylic oxidation sites excluding steroid dienone is 1. The first-order valence-electron chi connectivity index (χ1n) is 3.11. The zero-order valence-corrected chi connectivity index (χ0v) is 7.30. The lowest BCUT2D eigenvalue weighted by Crippen LogP contribution is -2.14. The number of halogens is 3. The van der Waals surface area contributed by atoms with E-state index in [-0.39, 0.29) is 5.17 Å².